The minimum absolute atomic E-state index is 0.0428. The maximum atomic E-state index is 12.0. The molecule has 0 spiro atoms. The first kappa shape index (κ1) is 14.8. The van der Waals surface area contributed by atoms with Gasteiger partial charge in [-0.2, -0.15) is 0 Å². The van der Waals surface area contributed by atoms with Crippen LogP contribution in [-0.2, 0) is 4.74 Å². The highest BCUT2D eigenvalue weighted by Gasteiger charge is 2.14. The van der Waals surface area contributed by atoms with Crippen LogP contribution >= 0.6 is 0 Å². The van der Waals surface area contributed by atoms with Crippen molar-refractivity contribution in [1.82, 2.24) is 10.2 Å². The molecule has 5 heteroatoms. The van der Waals surface area contributed by atoms with Gasteiger partial charge in [0, 0.05) is 37.4 Å². The number of hydrogen-bond acceptors (Lipinski definition) is 4. The molecule has 1 aromatic rings. The van der Waals surface area contributed by atoms with Gasteiger partial charge in [0.05, 0.1) is 13.2 Å². The number of carbonyl (C=O) groups excluding carboxylic acids is 1. The fraction of sp³-hybridized carbons (Fsp3) is 0.533. The third-order valence-electron chi connectivity index (χ3n) is 3.46. The van der Waals surface area contributed by atoms with Gasteiger partial charge in [-0.05, 0) is 30.2 Å². The standard InChI is InChI=1S/C15H23N3O2/c1-12(11-18-6-8-20-9-7-18)10-17-15(19)13-2-4-14(16)5-3-13/h2-5,12H,6-11,16H2,1H3,(H,17,19). The Morgan fingerprint density at radius 3 is 2.65 bits per heavy atom. The van der Waals surface area contributed by atoms with Crippen LogP contribution in [0.2, 0.25) is 0 Å². The Bertz CT molecular complexity index is 427. The van der Waals surface area contributed by atoms with Crippen LogP contribution in [0.4, 0.5) is 5.69 Å². The zero-order valence-electron chi connectivity index (χ0n) is 12.0. The van der Waals surface area contributed by atoms with Gasteiger partial charge in [-0.3, -0.25) is 9.69 Å². The zero-order valence-corrected chi connectivity index (χ0v) is 12.0. The van der Waals surface area contributed by atoms with E-state index in [4.69, 9.17) is 10.5 Å². The predicted molar refractivity (Wildman–Crippen MR) is 79.6 cm³/mol. The molecule has 1 aromatic carbocycles. The quantitative estimate of drug-likeness (QED) is 0.787. The van der Waals surface area contributed by atoms with Gasteiger partial charge >= 0.3 is 0 Å². The van der Waals surface area contributed by atoms with E-state index in [0.717, 1.165) is 32.8 Å². The van der Waals surface area contributed by atoms with Gasteiger partial charge in [-0.15, -0.1) is 0 Å². The second-order valence-corrected chi connectivity index (χ2v) is 5.35. The topological polar surface area (TPSA) is 67.6 Å². The minimum Gasteiger partial charge on any atom is -0.399 e. The van der Waals surface area contributed by atoms with E-state index in [1.807, 2.05) is 0 Å². The molecular formula is C15H23N3O2. The number of nitrogen functional groups attached to an aromatic ring is 1. The van der Waals surface area contributed by atoms with Crippen LogP contribution in [0.3, 0.4) is 0 Å². The van der Waals surface area contributed by atoms with Gasteiger partial charge in [-0.25, -0.2) is 0 Å². The number of nitrogens with zero attached hydrogens (tertiary/aromatic N) is 1. The summed E-state index contributed by atoms with van der Waals surface area (Å²) in [4.78, 5) is 14.3. The first-order chi connectivity index (χ1) is 9.65. The first-order valence-corrected chi connectivity index (χ1v) is 7.09. The highest BCUT2D eigenvalue weighted by atomic mass is 16.5. The van der Waals surface area contributed by atoms with E-state index < -0.39 is 0 Å². The molecule has 1 unspecified atom stereocenters. The molecule has 1 saturated heterocycles. The number of carbonyl (C=O) groups is 1. The largest absolute Gasteiger partial charge is 0.399 e. The van der Waals surface area contributed by atoms with Crippen molar-refractivity contribution in [3.05, 3.63) is 29.8 Å². The Morgan fingerprint density at radius 2 is 2.00 bits per heavy atom. The molecule has 110 valence electrons. The van der Waals surface area contributed by atoms with Crippen LogP contribution in [-0.4, -0.2) is 50.2 Å². The van der Waals surface area contributed by atoms with Crippen molar-refractivity contribution < 1.29 is 9.53 Å². The minimum atomic E-state index is -0.0428. The van der Waals surface area contributed by atoms with Crippen molar-refractivity contribution in [3.8, 4) is 0 Å². The summed E-state index contributed by atoms with van der Waals surface area (Å²) < 4.78 is 5.33. The summed E-state index contributed by atoms with van der Waals surface area (Å²) in [5, 5.41) is 2.97. The van der Waals surface area contributed by atoms with Crippen LogP contribution in [0.1, 0.15) is 17.3 Å². The fourth-order valence-corrected chi connectivity index (χ4v) is 2.29. The van der Waals surface area contributed by atoms with Gasteiger partial charge in [-0.1, -0.05) is 6.92 Å². The van der Waals surface area contributed by atoms with E-state index in [1.165, 1.54) is 0 Å². The van der Waals surface area contributed by atoms with E-state index >= 15 is 0 Å². The maximum absolute atomic E-state index is 12.0. The molecule has 0 radical (unpaired) electrons. The lowest BCUT2D eigenvalue weighted by Crippen LogP contribution is -2.41. The van der Waals surface area contributed by atoms with Crippen molar-refractivity contribution in [2.24, 2.45) is 5.92 Å². The number of benzene rings is 1. The van der Waals surface area contributed by atoms with Crippen LogP contribution in [0, 0.1) is 5.92 Å². The molecule has 0 saturated carbocycles. The van der Waals surface area contributed by atoms with Crippen molar-refractivity contribution in [2.45, 2.75) is 6.92 Å². The summed E-state index contributed by atoms with van der Waals surface area (Å²) >= 11 is 0. The van der Waals surface area contributed by atoms with E-state index in [0.29, 0.717) is 23.7 Å². The Labute approximate surface area is 120 Å². The fourth-order valence-electron chi connectivity index (χ4n) is 2.29. The average molecular weight is 277 g/mol. The number of hydrogen-bond donors (Lipinski definition) is 2. The highest BCUT2D eigenvalue weighted by Crippen LogP contribution is 2.06. The molecule has 20 heavy (non-hydrogen) atoms. The third-order valence-corrected chi connectivity index (χ3v) is 3.46. The SMILES string of the molecule is CC(CNC(=O)c1ccc(N)cc1)CN1CCOCC1. The third kappa shape index (κ3) is 4.51. The molecule has 1 heterocycles. The van der Waals surface area contributed by atoms with Crippen LogP contribution in [0.15, 0.2) is 24.3 Å². The molecule has 3 N–H and O–H groups in total. The Kier molecular flexibility index (Phi) is 5.38. The Hall–Kier alpha value is -1.59. The number of morpholine rings is 1. The van der Waals surface area contributed by atoms with Gasteiger partial charge in [0.2, 0.25) is 0 Å². The lowest BCUT2D eigenvalue weighted by molar-refractivity contribution is 0.0317. The summed E-state index contributed by atoms with van der Waals surface area (Å²) in [5.41, 5.74) is 6.93. The van der Waals surface area contributed by atoms with Gasteiger partial charge in [0.15, 0.2) is 0 Å². The van der Waals surface area contributed by atoms with Crippen molar-refractivity contribution in [3.63, 3.8) is 0 Å². The maximum Gasteiger partial charge on any atom is 0.251 e. The summed E-state index contributed by atoms with van der Waals surface area (Å²) in [7, 11) is 0. The molecule has 1 aliphatic rings. The lowest BCUT2D eigenvalue weighted by Gasteiger charge is -2.29. The van der Waals surface area contributed by atoms with Crippen LogP contribution in [0.5, 0.6) is 0 Å². The normalized spacial score (nSPS) is 17.6. The van der Waals surface area contributed by atoms with Gasteiger partial charge < -0.3 is 15.8 Å². The van der Waals surface area contributed by atoms with Crippen molar-refractivity contribution in [1.29, 1.82) is 0 Å². The van der Waals surface area contributed by atoms with E-state index in [-0.39, 0.29) is 5.91 Å². The molecule has 0 aromatic heterocycles. The van der Waals surface area contributed by atoms with Crippen LogP contribution in [0.25, 0.3) is 0 Å². The summed E-state index contributed by atoms with van der Waals surface area (Å²) in [6.45, 7) is 7.41. The second kappa shape index (κ2) is 7.26. The molecular weight excluding hydrogens is 254 g/mol. The summed E-state index contributed by atoms with van der Waals surface area (Å²) in [6.07, 6.45) is 0. The molecule has 0 aliphatic carbocycles. The van der Waals surface area contributed by atoms with Crippen LogP contribution < -0.4 is 11.1 Å². The second-order valence-electron chi connectivity index (χ2n) is 5.35. The lowest BCUT2D eigenvalue weighted by atomic mass is 10.1. The smallest absolute Gasteiger partial charge is 0.251 e. The first-order valence-electron chi connectivity index (χ1n) is 7.09. The molecule has 1 amide bonds. The number of ether oxygens (including phenoxy) is 1. The molecule has 1 atom stereocenters. The van der Waals surface area contributed by atoms with Gasteiger partial charge in [0.1, 0.15) is 0 Å². The van der Waals surface area contributed by atoms with Crippen molar-refractivity contribution in [2.75, 3.05) is 45.1 Å². The Balaban J connectivity index is 1.73. The summed E-state index contributed by atoms with van der Waals surface area (Å²) in [5.74, 6) is 0.379. The number of anilines is 1. The number of nitrogens with one attached hydrogen (secondary N) is 1. The van der Waals surface area contributed by atoms with Crippen molar-refractivity contribution >= 4 is 11.6 Å². The van der Waals surface area contributed by atoms with E-state index in [9.17, 15) is 4.79 Å². The molecule has 2 rings (SSSR count). The van der Waals surface area contributed by atoms with Gasteiger partial charge in [0.25, 0.3) is 5.91 Å². The summed E-state index contributed by atoms with van der Waals surface area (Å²) in [6, 6.07) is 6.98. The number of nitrogens with two attached hydrogens (primary N) is 1. The highest BCUT2D eigenvalue weighted by molar-refractivity contribution is 5.94. The number of rotatable bonds is 5. The molecule has 1 aliphatic heterocycles. The monoisotopic (exact) mass is 277 g/mol. The number of amides is 1. The average Bonchev–Trinajstić information content (AvgIpc) is 2.46. The van der Waals surface area contributed by atoms with E-state index in [1.54, 1.807) is 24.3 Å². The van der Waals surface area contributed by atoms with E-state index in [2.05, 4.69) is 17.1 Å². The molecule has 0 bridgehead atoms. The molecule has 5 nitrogen and oxygen atoms in total. The molecule has 1 fully saturated rings. The Morgan fingerprint density at radius 1 is 1.35 bits per heavy atom. The zero-order chi connectivity index (χ0) is 14.4. The predicted octanol–water partition coefficient (Wildman–Crippen LogP) is 0.967.